The Morgan fingerprint density at radius 1 is 1.38 bits per heavy atom. The van der Waals surface area contributed by atoms with Gasteiger partial charge in [-0.2, -0.15) is 0 Å². The molecule has 90 valence electrons. The van der Waals surface area contributed by atoms with E-state index in [4.69, 9.17) is 5.11 Å². The summed E-state index contributed by atoms with van der Waals surface area (Å²) in [6, 6.07) is 4.89. The average Bonchev–Trinajstić information content (AvgIpc) is 2.16. The Hall–Kier alpha value is -0.940. The van der Waals surface area contributed by atoms with Crippen LogP contribution in [0.5, 0.6) is 0 Å². The summed E-state index contributed by atoms with van der Waals surface area (Å²) in [5, 5.41) is 9.02. The van der Waals surface area contributed by atoms with Crippen LogP contribution in [0.15, 0.2) is 29.2 Å². The normalized spacial score (nSPS) is 12.8. The minimum absolute atomic E-state index is 0.0472. The highest BCUT2D eigenvalue weighted by molar-refractivity contribution is 7.91. The van der Waals surface area contributed by atoms with Crippen molar-refractivity contribution in [1.82, 2.24) is 0 Å². The van der Waals surface area contributed by atoms with Crippen molar-refractivity contribution in [3.63, 3.8) is 0 Å². The second kappa shape index (κ2) is 4.51. The van der Waals surface area contributed by atoms with E-state index in [0.717, 1.165) is 6.07 Å². The highest BCUT2D eigenvalue weighted by atomic mass is 32.2. The first-order valence-electron chi connectivity index (χ1n) is 4.86. The SMILES string of the molecule is CC(C)(CO)CS(=O)(=O)c1cccc(F)c1. The van der Waals surface area contributed by atoms with E-state index in [2.05, 4.69) is 0 Å². The highest BCUT2D eigenvalue weighted by Gasteiger charge is 2.27. The molecule has 0 radical (unpaired) electrons. The Kier molecular flexibility index (Phi) is 3.70. The fourth-order valence-electron chi connectivity index (χ4n) is 1.30. The van der Waals surface area contributed by atoms with Gasteiger partial charge in [-0.3, -0.25) is 0 Å². The molecule has 0 aliphatic carbocycles. The van der Waals surface area contributed by atoms with Gasteiger partial charge in [0.25, 0.3) is 0 Å². The lowest BCUT2D eigenvalue weighted by Gasteiger charge is -2.21. The maximum absolute atomic E-state index is 12.9. The Bertz CT molecular complexity index is 466. The minimum atomic E-state index is -3.55. The van der Waals surface area contributed by atoms with Gasteiger partial charge in [0, 0.05) is 12.0 Å². The van der Waals surface area contributed by atoms with Crippen LogP contribution in [0.3, 0.4) is 0 Å². The molecule has 1 rings (SSSR count). The van der Waals surface area contributed by atoms with Gasteiger partial charge in [0.05, 0.1) is 10.6 Å². The molecule has 1 aromatic rings. The van der Waals surface area contributed by atoms with Crippen molar-refractivity contribution in [2.75, 3.05) is 12.4 Å². The molecule has 0 spiro atoms. The summed E-state index contributed by atoms with van der Waals surface area (Å²) < 4.78 is 36.7. The molecule has 16 heavy (non-hydrogen) atoms. The molecular weight excluding hydrogens is 231 g/mol. The van der Waals surface area contributed by atoms with Crippen LogP contribution in [0, 0.1) is 11.2 Å². The van der Waals surface area contributed by atoms with E-state index in [1.54, 1.807) is 13.8 Å². The molecule has 0 unspecified atom stereocenters. The van der Waals surface area contributed by atoms with E-state index >= 15 is 0 Å². The number of aliphatic hydroxyl groups excluding tert-OH is 1. The van der Waals surface area contributed by atoms with Crippen molar-refractivity contribution in [2.45, 2.75) is 18.7 Å². The van der Waals surface area contributed by atoms with Crippen molar-refractivity contribution in [2.24, 2.45) is 5.41 Å². The quantitative estimate of drug-likeness (QED) is 0.878. The van der Waals surface area contributed by atoms with Crippen LogP contribution in [-0.4, -0.2) is 25.9 Å². The maximum Gasteiger partial charge on any atom is 0.179 e. The average molecular weight is 246 g/mol. The van der Waals surface area contributed by atoms with Crippen molar-refractivity contribution in [3.05, 3.63) is 30.1 Å². The topological polar surface area (TPSA) is 54.4 Å². The number of hydrogen-bond acceptors (Lipinski definition) is 3. The molecule has 0 amide bonds. The molecule has 0 aliphatic heterocycles. The predicted octanol–water partition coefficient (Wildman–Crippen LogP) is 1.62. The fourth-order valence-corrected chi connectivity index (χ4v) is 3.17. The fraction of sp³-hybridized carbons (Fsp3) is 0.455. The third-order valence-corrected chi connectivity index (χ3v) is 4.30. The lowest BCUT2D eigenvalue weighted by molar-refractivity contribution is 0.179. The Labute approximate surface area is 94.8 Å². The van der Waals surface area contributed by atoms with Gasteiger partial charge in [0.1, 0.15) is 5.82 Å². The number of rotatable bonds is 4. The van der Waals surface area contributed by atoms with Crippen molar-refractivity contribution in [3.8, 4) is 0 Å². The standard InChI is InChI=1S/C11H15FO3S/c1-11(2,7-13)8-16(14,15)10-5-3-4-9(12)6-10/h3-6,13H,7-8H2,1-2H3. The first kappa shape index (κ1) is 13.1. The maximum atomic E-state index is 12.9. The van der Waals surface area contributed by atoms with Crippen molar-refractivity contribution < 1.29 is 17.9 Å². The second-order valence-electron chi connectivity index (χ2n) is 4.54. The molecule has 0 heterocycles. The van der Waals surface area contributed by atoms with Crippen LogP contribution in [-0.2, 0) is 9.84 Å². The van der Waals surface area contributed by atoms with Gasteiger partial charge >= 0.3 is 0 Å². The van der Waals surface area contributed by atoms with Crippen LogP contribution in [0.1, 0.15) is 13.8 Å². The smallest absolute Gasteiger partial charge is 0.179 e. The van der Waals surface area contributed by atoms with E-state index in [-0.39, 0.29) is 17.3 Å². The molecule has 0 aromatic heterocycles. The highest BCUT2D eigenvalue weighted by Crippen LogP contribution is 2.22. The first-order chi connectivity index (χ1) is 7.27. The van der Waals surface area contributed by atoms with Crippen molar-refractivity contribution >= 4 is 9.84 Å². The van der Waals surface area contributed by atoms with Gasteiger partial charge in [-0.25, -0.2) is 12.8 Å². The molecule has 3 nitrogen and oxygen atoms in total. The van der Waals surface area contributed by atoms with Gasteiger partial charge in [-0.15, -0.1) is 0 Å². The zero-order valence-corrected chi connectivity index (χ0v) is 10.1. The molecule has 5 heteroatoms. The second-order valence-corrected chi connectivity index (χ2v) is 6.53. The molecule has 0 fully saturated rings. The van der Waals surface area contributed by atoms with Gasteiger partial charge in [0.2, 0.25) is 0 Å². The summed E-state index contributed by atoms with van der Waals surface area (Å²) >= 11 is 0. The molecule has 0 saturated carbocycles. The summed E-state index contributed by atoms with van der Waals surface area (Å²) in [7, 11) is -3.55. The summed E-state index contributed by atoms with van der Waals surface area (Å²) in [5.41, 5.74) is -0.731. The van der Waals surface area contributed by atoms with Gasteiger partial charge < -0.3 is 5.11 Å². The summed E-state index contributed by atoms with van der Waals surface area (Å²) in [6.45, 7) is 3.05. The number of sulfone groups is 1. The summed E-state index contributed by atoms with van der Waals surface area (Å²) in [5.74, 6) is -0.789. The molecule has 0 saturated heterocycles. The molecule has 0 atom stereocenters. The Balaban J connectivity index is 3.04. The summed E-state index contributed by atoms with van der Waals surface area (Å²) in [4.78, 5) is -0.0472. The van der Waals surface area contributed by atoms with E-state index in [0.29, 0.717) is 0 Å². The minimum Gasteiger partial charge on any atom is -0.396 e. The van der Waals surface area contributed by atoms with Crippen LogP contribution in [0.2, 0.25) is 0 Å². The van der Waals surface area contributed by atoms with Crippen LogP contribution >= 0.6 is 0 Å². The van der Waals surface area contributed by atoms with E-state index in [1.165, 1.54) is 18.2 Å². The largest absolute Gasteiger partial charge is 0.396 e. The third kappa shape index (κ3) is 3.28. The molecular formula is C11H15FO3S. The third-order valence-electron chi connectivity index (χ3n) is 2.16. The summed E-state index contributed by atoms with van der Waals surface area (Å²) in [6.07, 6.45) is 0. The van der Waals surface area contributed by atoms with Gasteiger partial charge in [-0.1, -0.05) is 19.9 Å². The number of hydrogen-bond donors (Lipinski definition) is 1. The monoisotopic (exact) mass is 246 g/mol. The predicted molar refractivity (Wildman–Crippen MR) is 59.3 cm³/mol. The first-order valence-corrected chi connectivity index (χ1v) is 6.51. The zero-order chi connectivity index (χ0) is 12.4. The van der Waals surface area contributed by atoms with Crippen LogP contribution in [0.25, 0.3) is 0 Å². The van der Waals surface area contributed by atoms with Crippen molar-refractivity contribution in [1.29, 1.82) is 0 Å². The van der Waals surface area contributed by atoms with E-state index in [1.807, 2.05) is 0 Å². The van der Waals surface area contributed by atoms with Gasteiger partial charge in [0.15, 0.2) is 9.84 Å². The lowest BCUT2D eigenvalue weighted by Crippen LogP contribution is -2.27. The molecule has 0 aliphatic rings. The molecule has 1 N–H and O–H groups in total. The van der Waals surface area contributed by atoms with Gasteiger partial charge in [-0.05, 0) is 18.2 Å². The lowest BCUT2D eigenvalue weighted by atomic mass is 9.98. The zero-order valence-electron chi connectivity index (χ0n) is 9.27. The molecule has 1 aromatic carbocycles. The van der Waals surface area contributed by atoms with E-state index < -0.39 is 21.1 Å². The number of benzene rings is 1. The number of halogens is 1. The van der Waals surface area contributed by atoms with Crippen LogP contribution < -0.4 is 0 Å². The Morgan fingerprint density at radius 3 is 2.50 bits per heavy atom. The van der Waals surface area contributed by atoms with E-state index in [9.17, 15) is 12.8 Å². The molecule has 0 bridgehead atoms. The van der Waals surface area contributed by atoms with Crippen LogP contribution in [0.4, 0.5) is 4.39 Å². The number of aliphatic hydroxyl groups is 1. The Morgan fingerprint density at radius 2 is 2.00 bits per heavy atom.